The summed E-state index contributed by atoms with van der Waals surface area (Å²) in [4.78, 5) is 12.6. The van der Waals surface area contributed by atoms with E-state index in [4.69, 9.17) is 25.8 Å². The van der Waals surface area contributed by atoms with Gasteiger partial charge in [0.05, 0.1) is 32.4 Å². The summed E-state index contributed by atoms with van der Waals surface area (Å²) in [5.41, 5.74) is 2.38. The molecule has 1 N–H and O–H groups in total. The first-order valence-corrected chi connectivity index (χ1v) is 8.16. The summed E-state index contributed by atoms with van der Waals surface area (Å²) in [6.45, 7) is 3.89. The highest BCUT2D eigenvalue weighted by molar-refractivity contribution is 6.32. The van der Waals surface area contributed by atoms with Crippen molar-refractivity contribution in [3.63, 3.8) is 0 Å². The maximum Gasteiger partial charge on any atom is 0.251 e. The fraction of sp³-hybridized carbons (Fsp3) is 0.316. The number of nitrogens with one attached hydrogen (secondary N) is 1. The van der Waals surface area contributed by atoms with Gasteiger partial charge in [0.2, 0.25) is 0 Å². The Morgan fingerprint density at radius 1 is 1.04 bits per heavy atom. The average molecular weight is 364 g/mol. The van der Waals surface area contributed by atoms with Crippen molar-refractivity contribution < 1.29 is 19.0 Å². The monoisotopic (exact) mass is 363 g/mol. The Hall–Kier alpha value is -2.40. The maximum absolute atomic E-state index is 12.6. The Bertz CT molecular complexity index is 776. The van der Waals surface area contributed by atoms with Gasteiger partial charge in [0.15, 0.2) is 11.5 Å². The molecule has 1 amide bonds. The Morgan fingerprint density at radius 2 is 1.72 bits per heavy atom. The number of hydrogen-bond acceptors (Lipinski definition) is 4. The van der Waals surface area contributed by atoms with Crippen molar-refractivity contribution in [2.24, 2.45) is 0 Å². The van der Waals surface area contributed by atoms with Gasteiger partial charge in [0.25, 0.3) is 5.91 Å². The number of methoxy groups -OCH3 is 3. The largest absolute Gasteiger partial charge is 0.496 e. The number of benzene rings is 2. The van der Waals surface area contributed by atoms with Crippen LogP contribution in [0.2, 0.25) is 5.02 Å². The first-order valence-electron chi connectivity index (χ1n) is 7.78. The Morgan fingerprint density at radius 3 is 2.32 bits per heavy atom. The van der Waals surface area contributed by atoms with Gasteiger partial charge >= 0.3 is 0 Å². The molecule has 0 fully saturated rings. The van der Waals surface area contributed by atoms with Crippen LogP contribution >= 0.6 is 11.6 Å². The molecule has 2 rings (SSSR count). The molecular formula is C19H22ClNO4. The predicted molar refractivity (Wildman–Crippen MR) is 98.2 cm³/mol. The van der Waals surface area contributed by atoms with Crippen molar-refractivity contribution in [2.45, 2.75) is 19.9 Å². The van der Waals surface area contributed by atoms with E-state index >= 15 is 0 Å². The second-order valence-corrected chi connectivity index (χ2v) is 6.04. The molecule has 134 valence electrons. The van der Waals surface area contributed by atoms with Gasteiger partial charge in [-0.3, -0.25) is 4.79 Å². The van der Waals surface area contributed by atoms with Crippen molar-refractivity contribution in [3.8, 4) is 17.2 Å². The van der Waals surface area contributed by atoms with Gasteiger partial charge in [-0.2, -0.15) is 0 Å². The van der Waals surface area contributed by atoms with E-state index in [0.717, 1.165) is 16.9 Å². The summed E-state index contributed by atoms with van der Waals surface area (Å²) < 4.78 is 15.8. The minimum atomic E-state index is -0.265. The van der Waals surface area contributed by atoms with E-state index in [1.807, 2.05) is 32.0 Å². The van der Waals surface area contributed by atoms with Gasteiger partial charge in [0, 0.05) is 11.1 Å². The Kier molecular flexibility index (Phi) is 6.15. The number of carbonyl (C=O) groups excluding carboxylic acids is 1. The first-order chi connectivity index (χ1) is 11.9. The third kappa shape index (κ3) is 4.17. The molecule has 5 nitrogen and oxygen atoms in total. The summed E-state index contributed by atoms with van der Waals surface area (Å²) in [6, 6.07) is 8.75. The Labute approximate surface area is 152 Å². The highest BCUT2D eigenvalue weighted by Crippen LogP contribution is 2.36. The lowest BCUT2D eigenvalue weighted by atomic mass is 10.0. The van der Waals surface area contributed by atoms with E-state index in [-0.39, 0.29) is 11.9 Å². The van der Waals surface area contributed by atoms with Gasteiger partial charge in [-0.15, -0.1) is 0 Å². The molecule has 2 aromatic carbocycles. The lowest BCUT2D eigenvalue weighted by Crippen LogP contribution is -2.27. The normalized spacial score (nSPS) is 11.6. The maximum atomic E-state index is 12.6. The molecule has 1 atom stereocenters. The number of rotatable bonds is 6. The van der Waals surface area contributed by atoms with Crippen LogP contribution < -0.4 is 19.5 Å². The molecule has 25 heavy (non-hydrogen) atoms. The van der Waals surface area contributed by atoms with Crippen LogP contribution in [0.25, 0.3) is 0 Å². The summed E-state index contributed by atoms with van der Waals surface area (Å²) in [5, 5.41) is 3.27. The van der Waals surface area contributed by atoms with Crippen molar-refractivity contribution in [3.05, 3.63) is 52.0 Å². The second kappa shape index (κ2) is 8.12. The zero-order valence-corrected chi connectivity index (χ0v) is 15.7. The van der Waals surface area contributed by atoms with Crippen molar-refractivity contribution >= 4 is 17.5 Å². The third-order valence-corrected chi connectivity index (χ3v) is 4.18. The predicted octanol–water partition coefficient (Wildman–Crippen LogP) is 4.17. The topological polar surface area (TPSA) is 56.8 Å². The lowest BCUT2D eigenvalue weighted by molar-refractivity contribution is 0.0939. The molecule has 0 aliphatic carbocycles. The minimum Gasteiger partial charge on any atom is -0.496 e. The third-order valence-electron chi connectivity index (χ3n) is 3.90. The molecule has 0 aliphatic heterocycles. The molecule has 0 aliphatic rings. The summed E-state index contributed by atoms with van der Waals surface area (Å²) >= 11 is 6.17. The molecule has 6 heteroatoms. The molecule has 0 radical (unpaired) electrons. The highest BCUT2D eigenvalue weighted by Gasteiger charge is 2.19. The van der Waals surface area contributed by atoms with Crippen LogP contribution in [0.1, 0.15) is 34.5 Å². The van der Waals surface area contributed by atoms with E-state index in [1.165, 1.54) is 14.2 Å². The fourth-order valence-corrected chi connectivity index (χ4v) is 2.89. The van der Waals surface area contributed by atoms with E-state index in [2.05, 4.69) is 5.32 Å². The quantitative estimate of drug-likeness (QED) is 0.837. The van der Waals surface area contributed by atoms with E-state index in [9.17, 15) is 4.79 Å². The molecular weight excluding hydrogens is 342 g/mol. The first kappa shape index (κ1) is 18.9. The molecule has 2 aromatic rings. The number of amides is 1. The van der Waals surface area contributed by atoms with Crippen molar-refractivity contribution in [2.75, 3.05) is 21.3 Å². The lowest BCUT2D eigenvalue weighted by Gasteiger charge is -2.19. The zero-order chi connectivity index (χ0) is 18.6. The van der Waals surface area contributed by atoms with E-state index < -0.39 is 0 Å². The SMILES string of the molecule is COc1ccc(C)cc1[C@H](C)NC(=O)c1cc(Cl)c(OC)c(OC)c1. The summed E-state index contributed by atoms with van der Waals surface area (Å²) in [6.07, 6.45) is 0. The highest BCUT2D eigenvalue weighted by atomic mass is 35.5. The van der Waals surface area contributed by atoms with Crippen LogP contribution in [0.5, 0.6) is 17.2 Å². The van der Waals surface area contributed by atoms with Crippen LogP contribution in [0.15, 0.2) is 30.3 Å². The Balaban J connectivity index is 2.28. The van der Waals surface area contributed by atoms with Gasteiger partial charge < -0.3 is 19.5 Å². The van der Waals surface area contributed by atoms with Gasteiger partial charge in [-0.1, -0.05) is 29.3 Å². The second-order valence-electron chi connectivity index (χ2n) is 5.63. The van der Waals surface area contributed by atoms with Gasteiger partial charge in [-0.05, 0) is 32.0 Å². The van der Waals surface area contributed by atoms with E-state index in [0.29, 0.717) is 22.1 Å². The summed E-state index contributed by atoms with van der Waals surface area (Å²) in [5.74, 6) is 1.26. The molecule has 0 saturated carbocycles. The zero-order valence-electron chi connectivity index (χ0n) is 15.0. The minimum absolute atomic E-state index is 0.241. The van der Waals surface area contributed by atoms with E-state index in [1.54, 1.807) is 19.2 Å². The smallest absolute Gasteiger partial charge is 0.251 e. The van der Waals surface area contributed by atoms with Crippen LogP contribution in [0.3, 0.4) is 0 Å². The number of carbonyl (C=O) groups is 1. The molecule has 0 bridgehead atoms. The molecule has 0 heterocycles. The van der Waals surface area contributed by atoms with Crippen LogP contribution in [0, 0.1) is 6.92 Å². The van der Waals surface area contributed by atoms with Crippen LogP contribution in [-0.2, 0) is 0 Å². The average Bonchev–Trinajstić information content (AvgIpc) is 2.60. The summed E-state index contributed by atoms with van der Waals surface area (Å²) in [7, 11) is 4.60. The number of aryl methyl sites for hydroxylation is 1. The van der Waals surface area contributed by atoms with Crippen LogP contribution in [0.4, 0.5) is 0 Å². The molecule has 0 aromatic heterocycles. The van der Waals surface area contributed by atoms with Crippen molar-refractivity contribution in [1.82, 2.24) is 5.32 Å². The van der Waals surface area contributed by atoms with Gasteiger partial charge in [0.1, 0.15) is 5.75 Å². The molecule has 0 spiro atoms. The number of halogens is 1. The molecule has 0 unspecified atom stereocenters. The van der Waals surface area contributed by atoms with Crippen molar-refractivity contribution in [1.29, 1.82) is 0 Å². The fourth-order valence-electron chi connectivity index (χ4n) is 2.60. The standard InChI is InChI=1S/C19H22ClNO4/c1-11-6-7-16(23-3)14(8-11)12(2)21-19(22)13-9-15(20)18(25-5)17(10-13)24-4/h6-10,12H,1-5H3,(H,21,22)/t12-/m0/s1. The number of hydrogen-bond donors (Lipinski definition) is 1. The number of ether oxygens (including phenoxy) is 3. The molecule has 0 saturated heterocycles. The van der Waals surface area contributed by atoms with Crippen LogP contribution in [-0.4, -0.2) is 27.2 Å². The van der Waals surface area contributed by atoms with Gasteiger partial charge in [-0.25, -0.2) is 0 Å².